The van der Waals surface area contributed by atoms with Crippen molar-refractivity contribution < 1.29 is 18.0 Å². The van der Waals surface area contributed by atoms with E-state index < -0.39 is 9.84 Å². The predicted molar refractivity (Wildman–Crippen MR) is 134 cm³/mol. The summed E-state index contributed by atoms with van der Waals surface area (Å²) in [5.74, 6) is -0.335. The zero-order chi connectivity index (χ0) is 24.0. The summed E-state index contributed by atoms with van der Waals surface area (Å²) in [6.07, 6.45) is 0.580. The van der Waals surface area contributed by atoms with E-state index in [4.69, 9.17) is 0 Å². The van der Waals surface area contributed by atoms with E-state index in [-0.39, 0.29) is 28.9 Å². The fourth-order valence-corrected chi connectivity index (χ4v) is 5.80. The molecule has 0 bridgehead atoms. The zero-order valence-electron chi connectivity index (χ0n) is 18.6. The van der Waals surface area contributed by atoms with Crippen LogP contribution < -0.4 is 5.32 Å². The molecule has 1 heterocycles. The summed E-state index contributed by atoms with van der Waals surface area (Å²) < 4.78 is 25.9. The minimum atomic E-state index is -3.69. The number of hydrogen-bond donors (Lipinski definition) is 1. The Morgan fingerprint density at radius 3 is 2.32 bits per heavy atom. The highest BCUT2D eigenvalue weighted by Gasteiger charge is 2.23. The number of benzene rings is 3. The molecular formula is C26H26N2O4S2. The average Bonchev–Trinajstić information content (AvgIpc) is 2.86. The fourth-order valence-electron chi connectivity index (χ4n) is 3.76. The Hall–Kier alpha value is -3.10. The largest absolute Gasteiger partial charge is 0.338 e. The Kier molecular flexibility index (Phi) is 7.70. The smallest absolute Gasteiger partial charge is 0.234 e. The van der Waals surface area contributed by atoms with Gasteiger partial charge < -0.3 is 10.2 Å². The molecule has 0 aromatic heterocycles. The Balaban J connectivity index is 1.44. The molecule has 3 aromatic rings. The van der Waals surface area contributed by atoms with E-state index in [0.717, 1.165) is 16.0 Å². The number of thioether (sulfide) groups is 1. The van der Waals surface area contributed by atoms with E-state index in [0.29, 0.717) is 31.0 Å². The Morgan fingerprint density at radius 2 is 1.62 bits per heavy atom. The van der Waals surface area contributed by atoms with E-state index in [9.17, 15) is 18.0 Å². The first-order valence-corrected chi connectivity index (χ1v) is 13.7. The summed E-state index contributed by atoms with van der Waals surface area (Å²) in [6.45, 7) is 0.925. The third-order valence-corrected chi connectivity index (χ3v) is 8.40. The van der Waals surface area contributed by atoms with Crippen LogP contribution in [0.5, 0.6) is 0 Å². The van der Waals surface area contributed by atoms with Gasteiger partial charge in [-0.2, -0.15) is 0 Å². The maximum absolute atomic E-state index is 13.1. The summed E-state index contributed by atoms with van der Waals surface area (Å²) in [7, 11) is -3.69. The van der Waals surface area contributed by atoms with E-state index >= 15 is 0 Å². The number of anilines is 1. The van der Waals surface area contributed by atoms with Crippen molar-refractivity contribution in [2.75, 3.05) is 23.4 Å². The minimum absolute atomic E-state index is 0.109. The zero-order valence-corrected chi connectivity index (χ0v) is 20.3. The van der Waals surface area contributed by atoms with Gasteiger partial charge in [0.05, 0.1) is 22.1 Å². The molecule has 0 atom stereocenters. The molecular weight excluding hydrogens is 468 g/mol. The molecule has 0 saturated heterocycles. The van der Waals surface area contributed by atoms with Crippen LogP contribution >= 0.6 is 11.8 Å². The lowest BCUT2D eigenvalue weighted by atomic mass is 10.1. The lowest BCUT2D eigenvalue weighted by molar-refractivity contribution is -0.131. The highest BCUT2D eigenvalue weighted by Crippen LogP contribution is 2.33. The van der Waals surface area contributed by atoms with Crippen molar-refractivity contribution in [2.24, 2.45) is 0 Å². The van der Waals surface area contributed by atoms with Crippen molar-refractivity contribution in [3.63, 3.8) is 0 Å². The molecule has 0 radical (unpaired) electrons. The normalized spacial score (nSPS) is 13.1. The molecule has 0 saturated carbocycles. The summed E-state index contributed by atoms with van der Waals surface area (Å²) in [5.41, 5.74) is 2.62. The van der Waals surface area contributed by atoms with Gasteiger partial charge >= 0.3 is 0 Å². The third-order valence-electron chi connectivity index (χ3n) is 5.61. The number of rotatable bonds is 9. The van der Waals surface area contributed by atoms with Gasteiger partial charge in [-0.3, -0.25) is 9.59 Å². The molecule has 6 nitrogen and oxygen atoms in total. The topological polar surface area (TPSA) is 83.5 Å². The lowest BCUT2D eigenvalue weighted by Crippen LogP contribution is -2.33. The summed E-state index contributed by atoms with van der Waals surface area (Å²) in [6, 6.07) is 24.3. The van der Waals surface area contributed by atoms with Gasteiger partial charge in [0, 0.05) is 24.4 Å². The van der Waals surface area contributed by atoms with Crippen molar-refractivity contribution in [1.29, 1.82) is 0 Å². The molecule has 34 heavy (non-hydrogen) atoms. The second-order valence-corrected chi connectivity index (χ2v) is 11.2. The molecule has 1 N–H and O–H groups in total. The Bertz CT molecular complexity index is 1260. The van der Waals surface area contributed by atoms with Crippen LogP contribution in [0.15, 0.2) is 88.7 Å². The maximum Gasteiger partial charge on any atom is 0.234 e. The standard InChI is InChI=1S/C26H26N2O4S2/c29-25-19-33-24-12-11-22(17-23(24)27-25)34(31,32)16-14-26(30)28(18-21-9-5-2-6-10-21)15-13-20-7-3-1-4-8-20/h1-12,17H,13-16,18-19H2,(H,27,29). The lowest BCUT2D eigenvalue weighted by Gasteiger charge is -2.23. The third kappa shape index (κ3) is 6.27. The molecule has 8 heteroatoms. The monoisotopic (exact) mass is 494 g/mol. The quantitative estimate of drug-likeness (QED) is 0.483. The molecule has 0 unspecified atom stereocenters. The minimum Gasteiger partial charge on any atom is -0.338 e. The van der Waals surface area contributed by atoms with E-state index in [1.807, 2.05) is 60.7 Å². The maximum atomic E-state index is 13.1. The molecule has 176 valence electrons. The van der Waals surface area contributed by atoms with Gasteiger partial charge in [0.2, 0.25) is 11.8 Å². The van der Waals surface area contributed by atoms with Gasteiger partial charge in [-0.1, -0.05) is 60.7 Å². The second kappa shape index (κ2) is 10.9. The van der Waals surface area contributed by atoms with Gasteiger partial charge in [0.15, 0.2) is 9.84 Å². The number of fused-ring (bicyclic) bond motifs is 1. The van der Waals surface area contributed by atoms with Gasteiger partial charge in [-0.25, -0.2) is 8.42 Å². The number of amides is 2. The average molecular weight is 495 g/mol. The molecule has 4 rings (SSSR count). The van der Waals surface area contributed by atoms with Crippen LogP contribution in [0.3, 0.4) is 0 Å². The van der Waals surface area contributed by atoms with Gasteiger partial charge in [-0.15, -0.1) is 11.8 Å². The number of hydrogen-bond acceptors (Lipinski definition) is 5. The molecule has 1 aliphatic rings. The fraction of sp³-hybridized carbons (Fsp3) is 0.231. The van der Waals surface area contributed by atoms with E-state index in [2.05, 4.69) is 5.32 Å². The number of nitrogens with one attached hydrogen (secondary N) is 1. The summed E-state index contributed by atoms with van der Waals surface area (Å²) >= 11 is 1.38. The van der Waals surface area contributed by atoms with Crippen LogP contribution in [0.4, 0.5) is 5.69 Å². The second-order valence-electron chi connectivity index (χ2n) is 8.10. The summed E-state index contributed by atoms with van der Waals surface area (Å²) in [4.78, 5) is 27.5. The first-order valence-electron chi connectivity index (χ1n) is 11.1. The highest BCUT2D eigenvalue weighted by molar-refractivity contribution is 8.00. The van der Waals surface area contributed by atoms with Gasteiger partial charge in [-0.05, 0) is 35.7 Å². The molecule has 0 spiro atoms. The van der Waals surface area contributed by atoms with Crippen molar-refractivity contribution >= 4 is 39.1 Å². The first kappa shape index (κ1) is 24.0. The predicted octanol–water partition coefficient (Wildman–Crippen LogP) is 4.17. The van der Waals surface area contributed by atoms with Crippen molar-refractivity contribution in [2.45, 2.75) is 29.2 Å². The Morgan fingerprint density at radius 1 is 0.941 bits per heavy atom. The highest BCUT2D eigenvalue weighted by atomic mass is 32.2. The van der Waals surface area contributed by atoms with Gasteiger partial charge in [0.1, 0.15) is 0 Å². The van der Waals surface area contributed by atoms with Crippen molar-refractivity contribution in [3.05, 3.63) is 90.0 Å². The molecule has 3 aromatic carbocycles. The van der Waals surface area contributed by atoms with Gasteiger partial charge in [0.25, 0.3) is 0 Å². The van der Waals surface area contributed by atoms with Crippen LogP contribution in [0.1, 0.15) is 17.5 Å². The molecule has 0 fully saturated rings. The molecule has 0 aliphatic carbocycles. The SMILES string of the molecule is O=C1CSc2ccc(S(=O)(=O)CCC(=O)N(CCc3ccccc3)Cc3ccccc3)cc2N1. The van der Waals surface area contributed by atoms with Crippen molar-refractivity contribution in [1.82, 2.24) is 4.90 Å². The summed E-state index contributed by atoms with van der Waals surface area (Å²) in [5, 5.41) is 2.72. The van der Waals surface area contributed by atoms with Crippen LogP contribution in [-0.2, 0) is 32.4 Å². The number of nitrogens with zero attached hydrogens (tertiary/aromatic N) is 1. The van der Waals surface area contributed by atoms with Crippen LogP contribution in [0.25, 0.3) is 0 Å². The Labute approximate surface area is 204 Å². The van der Waals surface area contributed by atoms with Crippen LogP contribution in [0.2, 0.25) is 0 Å². The van der Waals surface area contributed by atoms with Crippen molar-refractivity contribution in [3.8, 4) is 0 Å². The molecule has 2 amide bonds. The van der Waals surface area contributed by atoms with Crippen LogP contribution in [0, 0.1) is 0 Å². The number of sulfone groups is 1. The molecule has 1 aliphatic heterocycles. The van der Waals surface area contributed by atoms with E-state index in [1.165, 1.54) is 17.8 Å². The van der Waals surface area contributed by atoms with E-state index in [1.54, 1.807) is 17.0 Å². The number of carbonyl (C=O) groups is 2. The first-order chi connectivity index (χ1) is 16.4. The van der Waals surface area contributed by atoms with Crippen LogP contribution in [-0.4, -0.2) is 43.2 Å². The number of carbonyl (C=O) groups excluding carboxylic acids is 2.